The fourth-order valence-corrected chi connectivity index (χ4v) is 1.78. The van der Waals surface area contributed by atoms with Crippen LogP contribution in [0.3, 0.4) is 0 Å². The van der Waals surface area contributed by atoms with Gasteiger partial charge < -0.3 is 5.11 Å². The molecule has 4 heteroatoms. The fraction of sp³-hybridized carbons (Fsp3) is 0.769. The first-order valence-electron chi connectivity index (χ1n) is 6.18. The van der Waals surface area contributed by atoms with Crippen molar-refractivity contribution in [1.29, 1.82) is 0 Å². The largest absolute Gasteiger partial charge is 0.512 e. The zero-order valence-electron chi connectivity index (χ0n) is 10.7. The van der Waals surface area contributed by atoms with Crippen LogP contribution in [0.5, 0.6) is 0 Å². The van der Waals surface area contributed by atoms with Crippen molar-refractivity contribution >= 4 is 5.78 Å². The summed E-state index contributed by atoms with van der Waals surface area (Å²) in [5.74, 6) is -1.11. The van der Waals surface area contributed by atoms with Gasteiger partial charge in [-0.2, -0.15) is 0 Å². The third-order valence-electron chi connectivity index (χ3n) is 3.05. The quantitative estimate of drug-likeness (QED) is 0.518. The number of aliphatic hydroxyl groups is 1. The highest BCUT2D eigenvalue weighted by molar-refractivity contribution is 5.92. The number of allylic oxidation sites excluding steroid dienone is 2. The van der Waals surface area contributed by atoms with Crippen molar-refractivity contribution in [3.63, 3.8) is 0 Å². The van der Waals surface area contributed by atoms with Crippen molar-refractivity contribution in [3.8, 4) is 0 Å². The van der Waals surface area contributed by atoms with Gasteiger partial charge in [-0.15, -0.1) is 0 Å². The Kier molecular flexibility index (Phi) is 7.75. The molecular formula is C13H22F2O2. The smallest absolute Gasteiger partial charge is 0.239 e. The summed E-state index contributed by atoms with van der Waals surface area (Å²) in [7, 11) is 0. The number of hydrogen-bond acceptors (Lipinski definition) is 2. The second-order valence-electron chi connectivity index (χ2n) is 4.22. The molecule has 0 aliphatic heterocycles. The molecule has 0 amide bonds. The van der Waals surface area contributed by atoms with Crippen molar-refractivity contribution in [1.82, 2.24) is 0 Å². The number of rotatable bonds is 8. The highest BCUT2D eigenvalue weighted by atomic mass is 19.3. The van der Waals surface area contributed by atoms with Gasteiger partial charge in [0, 0.05) is 24.3 Å². The van der Waals surface area contributed by atoms with E-state index in [0.717, 1.165) is 6.08 Å². The molecule has 0 fully saturated rings. The number of ketones is 1. The van der Waals surface area contributed by atoms with Gasteiger partial charge in [-0.3, -0.25) is 4.79 Å². The van der Waals surface area contributed by atoms with E-state index >= 15 is 0 Å². The second-order valence-corrected chi connectivity index (χ2v) is 4.22. The summed E-state index contributed by atoms with van der Waals surface area (Å²) in [6, 6.07) is 0. The van der Waals surface area contributed by atoms with E-state index in [2.05, 4.69) is 0 Å². The molecule has 0 radical (unpaired) electrons. The van der Waals surface area contributed by atoms with E-state index in [1.807, 2.05) is 13.8 Å². The Morgan fingerprint density at radius 3 is 1.94 bits per heavy atom. The monoisotopic (exact) mass is 248 g/mol. The SMILES string of the molecule is CCC(CC)C(=O)/C=C(\O)C(CC)CC(F)F. The van der Waals surface area contributed by atoms with Crippen LogP contribution in [-0.2, 0) is 4.79 Å². The van der Waals surface area contributed by atoms with E-state index in [0.29, 0.717) is 19.3 Å². The number of hydrogen-bond donors (Lipinski definition) is 1. The van der Waals surface area contributed by atoms with E-state index in [1.54, 1.807) is 6.92 Å². The fourth-order valence-electron chi connectivity index (χ4n) is 1.78. The van der Waals surface area contributed by atoms with Crippen LogP contribution in [0.2, 0.25) is 0 Å². The zero-order valence-corrected chi connectivity index (χ0v) is 10.7. The van der Waals surface area contributed by atoms with Crippen molar-refractivity contribution in [2.24, 2.45) is 11.8 Å². The standard InChI is InChI=1S/C13H22F2O2/c1-4-9(5-2)11(16)8-12(17)10(6-3)7-13(14)15/h8-10,13,17H,4-7H2,1-3H3/b12-8-. The molecule has 0 saturated carbocycles. The Labute approximate surface area is 102 Å². The molecule has 1 N–H and O–H groups in total. The van der Waals surface area contributed by atoms with Gasteiger partial charge in [-0.05, 0) is 19.3 Å². The van der Waals surface area contributed by atoms with Gasteiger partial charge in [0.2, 0.25) is 6.43 Å². The predicted molar refractivity (Wildman–Crippen MR) is 64.2 cm³/mol. The second kappa shape index (κ2) is 8.20. The van der Waals surface area contributed by atoms with E-state index in [1.165, 1.54) is 0 Å². The van der Waals surface area contributed by atoms with Crippen LogP contribution in [-0.4, -0.2) is 17.3 Å². The van der Waals surface area contributed by atoms with Crippen LogP contribution in [0, 0.1) is 11.8 Å². The molecule has 1 atom stereocenters. The lowest BCUT2D eigenvalue weighted by atomic mass is 9.94. The van der Waals surface area contributed by atoms with Gasteiger partial charge in [-0.25, -0.2) is 8.78 Å². The van der Waals surface area contributed by atoms with Gasteiger partial charge >= 0.3 is 0 Å². The molecule has 1 unspecified atom stereocenters. The third kappa shape index (κ3) is 5.80. The summed E-state index contributed by atoms with van der Waals surface area (Å²) in [5.41, 5.74) is 0. The zero-order chi connectivity index (χ0) is 13.4. The van der Waals surface area contributed by atoms with Gasteiger partial charge in [0.25, 0.3) is 0 Å². The molecule has 0 aliphatic carbocycles. The predicted octanol–water partition coefficient (Wildman–Crippen LogP) is 4.12. The molecular weight excluding hydrogens is 226 g/mol. The van der Waals surface area contributed by atoms with E-state index in [-0.39, 0.29) is 17.5 Å². The van der Waals surface area contributed by atoms with Gasteiger partial charge in [0.15, 0.2) is 5.78 Å². The van der Waals surface area contributed by atoms with Crippen LogP contribution >= 0.6 is 0 Å². The van der Waals surface area contributed by atoms with Crippen LogP contribution in [0.4, 0.5) is 8.78 Å². The average Bonchev–Trinajstić information content (AvgIpc) is 2.26. The van der Waals surface area contributed by atoms with Gasteiger partial charge in [0.05, 0.1) is 5.76 Å². The molecule has 0 spiro atoms. The first-order valence-corrected chi connectivity index (χ1v) is 6.18. The highest BCUT2D eigenvalue weighted by Crippen LogP contribution is 2.22. The number of alkyl halides is 2. The van der Waals surface area contributed by atoms with Crippen LogP contribution in [0.25, 0.3) is 0 Å². The average molecular weight is 248 g/mol. The lowest BCUT2D eigenvalue weighted by Gasteiger charge is -2.14. The Morgan fingerprint density at radius 1 is 1.12 bits per heavy atom. The Balaban J connectivity index is 4.63. The number of carbonyl (C=O) groups excluding carboxylic acids is 1. The molecule has 0 rings (SSSR count). The topological polar surface area (TPSA) is 37.3 Å². The Morgan fingerprint density at radius 2 is 1.59 bits per heavy atom. The maximum Gasteiger partial charge on any atom is 0.239 e. The highest BCUT2D eigenvalue weighted by Gasteiger charge is 2.20. The summed E-state index contributed by atoms with van der Waals surface area (Å²) in [5, 5.41) is 9.68. The molecule has 17 heavy (non-hydrogen) atoms. The molecule has 0 aliphatic rings. The summed E-state index contributed by atoms with van der Waals surface area (Å²) < 4.78 is 24.5. The normalized spacial score (nSPS) is 14.4. The summed E-state index contributed by atoms with van der Waals surface area (Å²) in [6.45, 7) is 5.51. The maximum absolute atomic E-state index is 12.2. The molecule has 2 nitrogen and oxygen atoms in total. The van der Waals surface area contributed by atoms with Crippen molar-refractivity contribution in [2.75, 3.05) is 0 Å². The van der Waals surface area contributed by atoms with E-state index in [4.69, 9.17) is 0 Å². The lowest BCUT2D eigenvalue weighted by Crippen LogP contribution is -2.14. The molecule has 0 bridgehead atoms. The first kappa shape index (κ1) is 16.1. The van der Waals surface area contributed by atoms with Crippen LogP contribution in [0.15, 0.2) is 11.8 Å². The van der Waals surface area contributed by atoms with Gasteiger partial charge in [0.1, 0.15) is 0 Å². The molecule has 0 saturated heterocycles. The van der Waals surface area contributed by atoms with Crippen molar-refractivity contribution < 1.29 is 18.7 Å². The number of carbonyl (C=O) groups is 1. The van der Waals surface area contributed by atoms with E-state index in [9.17, 15) is 18.7 Å². The Bertz CT molecular complexity index is 258. The lowest BCUT2D eigenvalue weighted by molar-refractivity contribution is -0.118. The maximum atomic E-state index is 12.2. The minimum atomic E-state index is -2.46. The minimum Gasteiger partial charge on any atom is -0.512 e. The molecule has 100 valence electrons. The summed E-state index contributed by atoms with van der Waals surface area (Å²) in [4.78, 5) is 11.7. The molecule has 0 aromatic heterocycles. The van der Waals surface area contributed by atoms with Gasteiger partial charge in [-0.1, -0.05) is 20.8 Å². The number of aliphatic hydroxyl groups excluding tert-OH is 1. The van der Waals surface area contributed by atoms with Crippen molar-refractivity contribution in [3.05, 3.63) is 11.8 Å². The molecule has 0 heterocycles. The molecule has 0 aromatic carbocycles. The summed E-state index contributed by atoms with van der Waals surface area (Å²) >= 11 is 0. The third-order valence-corrected chi connectivity index (χ3v) is 3.05. The van der Waals surface area contributed by atoms with Crippen molar-refractivity contribution in [2.45, 2.75) is 52.9 Å². The van der Waals surface area contributed by atoms with E-state index < -0.39 is 18.8 Å². The van der Waals surface area contributed by atoms with Crippen LogP contribution < -0.4 is 0 Å². The number of halogens is 2. The first-order chi connectivity index (χ1) is 7.96. The summed E-state index contributed by atoms with van der Waals surface area (Å²) in [6.07, 6.45) is 0.0838. The Hall–Kier alpha value is -0.930. The molecule has 0 aromatic rings. The minimum absolute atomic E-state index is 0.124. The van der Waals surface area contributed by atoms with Crippen LogP contribution in [0.1, 0.15) is 46.5 Å².